The first-order valence-corrected chi connectivity index (χ1v) is 10.00. The highest BCUT2D eigenvalue weighted by Crippen LogP contribution is 2.20. The molecule has 1 aromatic heterocycles. The van der Waals surface area contributed by atoms with Gasteiger partial charge in [0.25, 0.3) is 11.8 Å². The van der Waals surface area contributed by atoms with Crippen molar-refractivity contribution >= 4 is 50.3 Å². The highest BCUT2D eigenvalue weighted by Gasteiger charge is 2.17. The molecule has 0 radical (unpaired) electrons. The summed E-state index contributed by atoms with van der Waals surface area (Å²) in [6, 6.07) is 24.1. The van der Waals surface area contributed by atoms with Crippen LogP contribution in [0.3, 0.4) is 0 Å². The summed E-state index contributed by atoms with van der Waals surface area (Å²) in [5, 5.41) is 7.58. The van der Waals surface area contributed by atoms with Gasteiger partial charge in [-0.1, -0.05) is 58.4 Å². The topological polar surface area (TPSA) is 71.3 Å². The maximum Gasteiger partial charge on any atom is 0.291 e. The summed E-state index contributed by atoms with van der Waals surface area (Å²) in [4.78, 5) is 25.5. The van der Waals surface area contributed by atoms with E-state index in [9.17, 15) is 9.59 Å². The number of amides is 2. The van der Waals surface area contributed by atoms with Crippen molar-refractivity contribution < 1.29 is 14.0 Å². The van der Waals surface area contributed by atoms with E-state index in [-0.39, 0.29) is 11.5 Å². The molecule has 148 valence electrons. The van der Waals surface area contributed by atoms with Crippen molar-refractivity contribution in [1.29, 1.82) is 0 Å². The molecule has 0 fully saturated rings. The minimum absolute atomic E-state index is 0.0997. The third-order valence-electron chi connectivity index (χ3n) is 4.40. The Balaban J connectivity index is 1.63. The number of hydrogen-bond acceptors (Lipinski definition) is 3. The minimum Gasteiger partial charge on any atom is -0.459 e. The van der Waals surface area contributed by atoms with E-state index in [4.69, 9.17) is 4.42 Å². The standard InChI is InChI=1S/C24H17BrN2O3/c25-19-8-3-5-16(13-19)14-21(27-24(29)22-9-4-12-30-22)23(28)26-20-11-10-17-6-1-2-7-18(17)15-20/h1-15H,(H,26,28)(H,27,29)/b21-14+. The summed E-state index contributed by atoms with van der Waals surface area (Å²) in [6.45, 7) is 0. The van der Waals surface area contributed by atoms with E-state index in [2.05, 4.69) is 26.6 Å². The van der Waals surface area contributed by atoms with Gasteiger partial charge in [0.05, 0.1) is 6.26 Å². The summed E-state index contributed by atoms with van der Waals surface area (Å²) in [6.07, 6.45) is 3.02. The van der Waals surface area contributed by atoms with Crippen LogP contribution < -0.4 is 10.6 Å². The monoisotopic (exact) mass is 460 g/mol. The Morgan fingerprint density at radius 2 is 1.70 bits per heavy atom. The van der Waals surface area contributed by atoms with Crippen LogP contribution >= 0.6 is 15.9 Å². The van der Waals surface area contributed by atoms with Crippen molar-refractivity contribution in [2.24, 2.45) is 0 Å². The fourth-order valence-corrected chi connectivity index (χ4v) is 3.40. The summed E-state index contributed by atoms with van der Waals surface area (Å²) in [5.74, 6) is -0.825. The largest absolute Gasteiger partial charge is 0.459 e. The van der Waals surface area contributed by atoms with Gasteiger partial charge in [0.15, 0.2) is 5.76 Å². The SMILES string of the molecule is O=C(Nc1ccc2ccccc2c1)/C(=C\c1cccc(Br)c1)NC(=O)c1ccco1. The van der Waals surface area contributed by atoms with Crippen LogP contribution in [0.1, 0.15) is 16.1 Å². The molecule has 0 spiro atoms. The third kappa shape index (κ3) is 4.67. The molecular weight excluding hydrogens is 444 g/mol. The molecule has 3 aromatic carbocycles. The van der Waals surface area contributed by atoms with Crippen molar-refractivity contribution in [3.8, 4) is 0 Å². The molecule has 5 nitrogen and oxygen atoms in total. The van der Waals surface area contributed by atoms with E-state index >= 15 is 0 Å². The summed E-state index contributed by atoms with van der Waals surface area (Å²) in [5.41, 5.74) is 1.49. The lowest BCUT2D eigenvalue weighted by Crippen LogP contribution is -2.30. The zero-order valence-electron chi connectivity index (χ0n) is 15.8. The number of carbonyl (C=O) groups is 2. The van der Waals surface area contributed by atoms with Crippen LogP contribution in [-0.2, 0) is 4.79 Å². The molecule has 2 amide bonds. The van der Waals surface area contributed by atoms with Gasteiger partial charge in [-0.15, -0.1) is 0 Å². The number of hydrogen-bond donors (Lipinski definition) is 2. The predicted octanol–water partition coefficient (Wildman–Crippen LogP) is 5.60. The number of furan rings is 1. The molecule has 0 saturated carbocycles. The van der Waals surface area contributed by atoms with E-state index in [0.717, 1.165) is 20.8 Å². The molecule has 0 atom stereocenters. The minimum atomic E-state index is -0.505. The fourth-order valence-electron chi connectivity index (χ4n) is 2.98. The van der Waals surface area contributed by atoms with Crippen molar-refractivity contribution in [2.75, 3.05) is 5.32 Å². The molecule has 4 rings (SSSR count). The molecule has 1 heterocycles. The normalized spacial score (nSPS) is 11.3. The lowest BCUT2D eigenvalue weighted by molar-refractivity contribution is -0.113. The maximum atomic E-state index is 13.0. The Kier molecular flexibility index (Phi) is 5.77. The molecule has 0 unspecified atom stereocenters. The summed E-state index contributed by atoms with van der Waals surface area (Å²) >= 11 is 3.42. The average Bonchev–Trinajstić information content (AvgIpc) is 3.28. The van der Waals surface area contributed by atoms with Crippen molar-refractivity contribution in [2.45, 2.75) is 0 Å². The zero-order valence-corrected chi connectivity index (χ0v) is 17.3. The average molecular weight is 461 g/mol. The number of halogens is 1. The number of carbonyl (C=O) groups excluding carboxylic acids is 2. The van der Waals surface area contributed by atoms with Gasteiger partial charge in [-0.2, -0.15) is 0 Å². The van der Waals surface area contributed by atoms with Crippen molar-refractivity contribution in [1.82, 2.24) is 5.32 Å². The van der Waals surface area contributed by atoms with Crippen LogP contribution in [0.15, 0.2) is 99.7 Å². The second kappa shape index (κ2) is 8.80. The highest BCUT2D eigenvalue weighted by atomic mass is 79.9. The number of rotatable bonds is 5. The first kappa shape index (κ1) is 19.7. The van der Waals surface area contributed by atoms with Gasteiger partial charge in [0, 0.05) is 10.2 Å². The van der Waals surface area contributed by atoms with E-state index in [0.29, 0.717) is 5.69 Å². The maximum absolute atomic E-state index is 13.0. The van der Waals surface area contributed by atoms with E-state index in [1.807, 2.05) is 66.7 Å². The fraction of sp³-hybridized carbons (Fsp3) is 0. The van der Waals surface area contributed by atoms with Crippen LogP contribution in [-0.4, -0.2) is 11.8 Å². The lowest BCUT2D eigenvalue weighted by atomic mass is 10.1. The Labute approximate surface area is 181 Å². The first-order valence-electron chi connectivity index (χ1n) is 9.21. The zero-order chi connectivity index (χ0) is 20.9. The second-order valence-corrected chi connectivity index (χ2v) is 7.48. The predicted molar refractivity (Wildman–Crippen MR) is 121 cm³/mol. The summed E-state index contributed by atoms with van der Waals surface area (Å²) in [7, 11) is 0. The summed E-state index contributed by atoms with van der Waals surface area (Å²) < 4.78 is 6.00. The molecule has 6 heteroatoms. The van der Waals surface area contributed by atoms with E-state index in [1.165, 1.54) is 12.3 Å². The Bertz CT molecular complexity index is 1250. The van der Waals surface area contributed by atoms with Gasteiger partial charge in [-0.3, -0.25) is 9.59 Å². The Morgan fingerprint density at radius 1 is 0.867 bits per heavy atom. The third-order valence-corrected chi connectivity index (χ3v) is 4.90. The number of anilines is 1. The van der Waals surface area contributed by atoms with Gasteiger partial charge in [-0.05, 0) is 58.8 Å². The van der Waals surface area contributed by atoms with Gasteiger partial charge in [-0.25, -0.2) is 0 Å². The second-order valence-electron chi connectivity index (χ2n) is 6.56. The highest BCUT2D eigenvalue weighted by molar-refractivity contribution is 9.10. The molecular formula is C24H17BrN2O3. The van der Waals surface area contributed by atoms with Gasteiger partial charge < -0.3 is 15.1 Å². The lowest BCUT2D eigenvalue weighted by Gasteiger charge is -2.11. The molecule has 4 aromatic rings. The first-order chi connectivity index (χ1) is 14.6. The van der Waals surface area contributed by atoms with E-state index in [1.54, 1.807) is 12.1 Å². The molecule has 0 saturated heterocycles. The molecule has 30 heavy (non-hydrogen) atoms. The smallest absolute Gasteiger partial charge is 0.291 e. The van der Waals surface area contributed by atoms with E-state index < -0.39 is 11.8 Å². The van der Waals surface area contributed by atoms with Gasteiger partial charge >= 0.3 is 0 Å². The van der Waals surface area contributed by atoms with Crippen molar-refractivity contribution in [3.05, 3.63) is 107 Å². The number of fused-ring (bicyclic) bond motifs is 1. The molecule has 0 aliphatic rings. The molecule has 0 bridgehead atoms. The van der Waals surface area contributed by atoms with Crippen LogP contribution in [0.25, 0.3) is 16.8 Å². The van der Waals surface area contributed by atoms with Gasteiger partial charge in [0.1, 0.15) is 5.70 Å². The van der Waals surface area contributed by atoms with Crippen LogP contribution in [0, 0.1) is 0 Å². The quantitative estimate of drug-likeness (QED) is 0.380. The number of benzene rings is 3. The van der Waals surface area contributed by atoms with Crippen LogP contribution in [0.2, 0.25) is 0 Å². The molecule has 2 N–H and O–H groups in total. The molecule has 0 aliphatic carbocycles. The van der Waals surface area contributed by atoms with Crippen LogP contribution in [0.4, 0.5) is 5.69 Å². The Morgan fingerprint density at radius 3 is 2.47 bits per heavy atom. The Hall–Kier alpha value is -3.64. The number of nitrogens with one attached hydrogen (secondary N) is 2. The van der Waals surface area contributed by atoms with Gasteiger partial charge in [0.2, 0.25) is 0 Å². The molecule has 0 aliphatic heterocycles. The van der Waals surface area contributed by atoms with Crippen molar-refractivity contribution in [3.63, 3.8) is 0 Å². The van der Waals surface area contributed by atoms with Crippen LogP contribution in [0.5, 0.6) is 0 Å².